The summed E-state index contributed by atoms with van der Waals surface area (Å²) in [6.45, 7) is 0.811. The summed E-state index contributed by atoms with van der Waals surface area (Å²) in [7, 11) is 0. The molecule has 1 aromatic heterocycles. The number of thioether (sulfide) groups is 1. The number of nitrogens with one attached hydrogen (secondary N) is 1. The second-order valence-electron chi connectivity index (χ2n) is 6.15. The van der Waals surface area contributed by atoms with Crippen LogP contribution in [0.4, 0.5) is 0 Å². The van der Waals surface area contributed by atoms with Crippen LogP contribution < -0.4 is 0 Å². The van der Waals surface area contributed by atoms with E-state index in [0.717, 1.165) is 24.3 Å². The second-order valence-corrected chi connectivity index (χ2v) is 7.49. The molecule has 2 atom stereocenters. The summed E-state index contributed by atoms with van der Waals surface area (Å²) < 4.78 is 0. The molecule has 23 heavy (non-hydrogen) atoms. The Bertz CT molecular complexity index is 685. The highest BCUT2D eigenvalue weighted by Crippen LogP contribution is 2.36. The Hall–Kier alpha value is -1.82. The Labute approximate surface area is 139 Å². The molecular weight excluding hydrogens is 308 g/mol. The number of H-pyrrole nitrogens is 1. The Balaban J connectivity index is 1.63. The lowest BCUT2D eigenvalue weighted by atomic mass is 9.93. The van der Waals surface area contributed by atoms with Gasteiger partial charge in [0.25, 0.3) is 5.91 Å². The third kappa shape index (κ3) is 2.76. The predicted molar refractivity (Wildman–Crippen MR) is 91.4 cm³/mol. The molecule has 5 nitrogen and oxygen atoms in total. The number of hydrogen-bond donors (Lipinski definition) is 1. The van der Waals surface area contributed by atoms with Gasteiger partial charge in [0.15, 0.2) is 5.69 Å². The number of carbonyl (C=O) groups is 1. The molecule has 2 fully saturated rings. The van der Waals surface area contributed by atoms with Crippen LogP contribution in [0.5, 0.6) is 0 Å². The number of carbonyl (C=O) groups excluding carboxylic acids is 1. The van der Waals surface area contributed by atoms with Crippen molar-refractivity contribution in [2.45, 2.75) is 37.0 Å². The molecule has 2 aliphatic rings. The number of rotatable bonds is 2. The van der Waals surface area contributed by atoms with Crippen molar-refractivity contribution in [3.05, 3.63) is 36.0 Å². The lowest BCUT2D eigenvalue weighted by molar-refractivity contribution is 0.0641. The van der Waals surface area contributed by atoms with Gasteiger partial charge in [0.1, 0.15) is 5.69 Å². The fourth-order valence-electron chi connectivity index (χ4n) is 3.66. The van der Waals surface area contributed by atoms with Crippen molar-refractivity contribution < 1.29 is 4.79 Å². The molecule has 0 radical (unpaired) electrons. The van der Waals surface area contributed by atoms with Crippen LogP contribution in [-0.4, -0.2) is 49.8 Å². The van der Waals surface area contributed by atoms with Gasteiger partial charge < -0.3 is 4.90 Å². The Kier molecular flexibility index (Phi) is 4.08. The van der Waals surface area contributed by atoms with Gasteiger partial charge in [-0.25, -0.2) is 0 Å². The van der Waals surface area contributed by atoms with Crippen molar-refractivity contribution in [3.8, 4) is 11.3 Å². The first-order valence-electron chi connectivity index (χ1n) is 8.23. The number of benzene rings is 1. The maximum absolute atomic E-state index is 13.1. The zero-order valence-corrected chi connectivity index (χ0v) is 13.8. The molecule has 0 spiro atoms. The number of hydrogen-bond acceptors (Lipinski definition) is 4. The molecule has 1 saturated carbocycles. The van der Waals surface area contributed by atoms with Gasteiger partial charge in [-0.05, 0) is 12.8 Å². The van der Waals surface area contributed by atoms with Crippen LogP contribution in [0.1, 0.15) is 36.2 Å². The van der Waals surface area contributed by atoms with Gasteiger partial charge in [-0.1, -0.05) is 43.2 Å². The fourth-order valence-corrected chi connectivity index (χ4v) is 5.11. The van der Waals surface area contributed by atoms with Crippen molar-refractivity contribution in [2.24, 2.45) is 0 Å². The Morgan fingerprint density at radius 3 is 2.87 bits per heavy atom. The molecule has 4 rings (SSSR count). The minimum Gasteiger partial charge on any atom is -0.332 e. The largest absolute Gasteiger partial charge is 0.332 e. The van der Waals surface area contributed by atoms with Crippen molar-refractivity contribution >= 4 is 17.7 Å². The van der Waals surface area contributed by atoms with E-state index < -0.39 is 0 Å². The topological polar surface area (TPSA) is 61.9 Å². The average Bonchev–Trinajstić information content (AvgIpc) is 3.11. The van der Waals surface area contributed by atoms with Crippen LogP contribution in [0, 0.1) is 0 Å². The average molecular weight is 328 g/mol. The molecule has 1 amide bonds. The number of aromatic amines is 1. The van der Waals surface area contributed by atoms with E-state index in [4.69, 9.17) is 0 Å². The first kappa shape index (κ1) is 14.8. The van der Waals surface area contributed by atoms with E-state index >= 15 is 0 Å². The quantitative estimate of drug-likeness (QED) is 0.920. The second kappa shape index (κ2) is 6.35. The Morgan fingerprint density at radius 2 is 2.00 bits per heavy atom. The van der Waals surface area contributed by atoms with E-state index in [-0.39, 0.29) is 5.91 Å². The third-order valence-electron chi connectivity index (χ3n) is 4.79. The van der Waals surface area contributed by atoms with Gasteiger partial charge in [0, 0.05) is 29.2 Å². The smallest absolute Gasteiger partial charge is 0.277 e. The van der Waals surface area contributed by atoms with Gasteiger partial charge in [-0.3, -0.25) is 4.79 Å². The zero-order chi connectivity index (χ0) is 15.6. The van der Waals surface area contributed by atoms with Crippen molar-refractivity contribution in [1.29, 1.82) is 0 Å². The van der Waals surface area contributed by atoms with Crippen molar-refractivity contribution in [2.75, 3.05) is 12.3 Å². The summed E-state index contributed by atoms with van der Waals surface area (Å²) >= 11 is 2.03. The van der Waals surface area contributed by atoms with E-state index in [0.29, 0.717) is 22.7 Å². The molecule has 1 aromatic carbocycles. The minimum absolute atomic E-state index is 0.0230. The van der Waals surface area contributed by atoms with E-state index in [1.807, 2.05) is 47.0 Å². The molecule has 6 heteroatoms. The molecular formula is C17H20N4OS. The molecule has 0 bridgehead atoms. The standard InChI is InChI=1S/C17H20N4OS/c22-17(21-10-11-23-14-9-5-4-8-13(14)21)16-15(18-20-19-16)12-6-2-1-3-7-12/h1-3,6-7,13-14H,4-5,8-11H2,(H,18,19,20)/t13-,14-/m0/s1. The summed E-state index contributed by atoms with van der Waals surface area (Å²) in [6, 6.07) is 10.1. The highest BCUT2D eigenvalue weighted by molar-refractivity contribution is 8.00. The van der Waals surface area contributed by atoms with E-state index in [1.54, 1.807) is 0 Å². The number of aromatic nitrogens is 3. The van der Waals surface area contributed by atoms with Gasteiger partial charge in [-0.2, -0.15) is 27.2 Å². The van der Waals surface area contributed by atoms with E-state index in [9.17, 15) is 4.79 Å². The third-order valence-corrected chi connectivity index (χ3v) is 6.19. The number of nitrogens with zero attached hydrogens (tertiary/aromatic N) is 3. The molecule has 2 heterocycles. The molecule has 1 saturated heterocycles. The minimum atomic E-state index is 0.0230. The fraction of sp³-hybridized carbons (Fsp3) is 0.471. The summed E-state index contributed by atoms with van der Waals surface area (Å²) in [5, 5.41) is 11.6. The van der Waals surface area contributed by atoms with Crippen LogP contribution in [0.25, 0.3) is 11.3 Å². The molecule has 1 aliphatic heterocycles. The van der Waals surface area contributed by atoms with Crippen LogP contribution in [0.2, 0.25) is 0 Å². The Morgan fingerprint density at radius 1 is 1.17 bits per heavy atom. The van der Waals surface area contributed by atoms with Crippen LogP contribution in [-0.2, 0) is 0 Å². The zero-order valence-electron chi connectivity index (χ0n) is 12.9. The number of fused-ring (bicyclic) bond motifs is 1. The normalized spacial score (nSPS) is 24.3. The highest BCUT2D eigenvalue weighted by atomic mass is 32.2. The predicted octanol–water partition coefficient (Wildman–Crippen LogP) is 2.97. The summed E-state index contributed by atoms with van der Waals surface area (Å²) in [5.41, 5.74) is 2.03. The first-order valence-corrected chi connectivity index (χ1v) is 9.28. The molecule has 0 unspecified atom stereocenters. The van der Waals surface area contributed by atoms with Crippen LogP contribution in [0.3, 0.4) is 0 Å². The van der Waals surface area contributed by atoms with Gasteiger partial charge in [-0.15, -0.1) is 0 Å². The molecule has 1 N–H and O–H groups in total. The van der Waals surface area contributed by atoms with E-state index in [2.05, 4.69) is 15.4 Å². The molecule has 120 valence electrons. The maximum Gasteiger partial charge on any atom is 0.277 e. The van der Waals surface area contributed by atoms with Crippen molar-refractivity contribution in [3.63, 3.8) is 0 Å². The van der Waals surface area contributed by atoms with Gasteiger partial charge in [0.2, 0.25) is 0 Å². The van der Waals surface area contributed by atoms with Gasteiger partial charge >= 0.3 is 0 Å². The monoisotopic (exact) mass is 328 g/mol. The molecule has 2 aromatic rings. The maximum atomic E-state index is 13.1. The first-order chi connectivity index (χ1) is 11.3. The van der Waals surface area contributed by atoms with E-state index in [1.165, 1.54) is 19.3 Å². The summed E-state index contributed by atoms with van der Waals surface area (Å²) in [4.78, 5) is 15.2. The molecule has 1 aliphatic carbocycles. The van der Waals surface area contributed by atoms with Crippen molar-refractivity contribution in [1.82, 2.24) is 20.3 Å². The number of amides is 1. The lowest BCUT2D eigenvalue weighted by Crippen LogP contribution is -2.51. The van der Waals surface area contributed by atoms with Crippen LogP contribution >= 0.6 is 11.8 Å². The highest BCUT2D eigenvalue weighted by Gasteiger charge is 2.38. The SMILES string of the molecule is O=C(c1n[nH]nc1-c1ccccc1)N1CCS[C@H]2CCCC[C@@H]21. The van der Waals surface area contributed by atoms with Crippen LogP contribution in [0.15, 0.2) is 30.3 Å². The summed E-state index contributed by atoms with van der Waals surface area (Å²) in [5.74, 6) is 1.04. The van der Waals surface area contributed by atoms with Gasteiger partial charge in [0.05, 0.1) is 0 Å². The summed E-state index contributed by atoms with van der Waals surface area (Å²) in [6.07, 6.45) is 4.84. The lowest BCUT2D eigenvalue weighted by Gasteiger charge is -2.43.